The summed E-state index contributed by atoms with van der Waals surface area (Å²) in [6.45, 7) is 6.35. The Morgan fingerprint density at radius 1 is 1.11 bits per heavy atom. The van der Waals surface area contributed by atoms with Crippen LogP contribution in [0.1, 0.15) is 35.1 Å². The summed E-state index contributed by atoms with van der Waals surface area (Å²) in [6.07, 6.45) is 8.32. The van der Waals surface area contributed by atoms with E-state index in [1.165, 1.54) is 6.08 Å². The maximum Gasteiger partial charge on any atom is 0.238 e. The molecule has 0 atom stereocenters. The van der Waals surface area contributed by atoms with Gasteiger partial charge >= 0.3 is 0 Å². The maximum atomic E-state index is 11.5. The summed E-state index contributed by atoms with van der Waals surface area (Å²) in [4.78, 5) is 15.9. The van der Waals surface area contributed by atoms with Crippen LogP contribution < -0.4 is 15.2 Å². The molecule has 0 bridgehead atoms. The Morgan fingerprint density at radius 2 is 1.82 bits per heavy atom. The number of primary sulfonamides is 1. The number of sulfonamides is 1. The number of aromatic nitrogens is 3. The number of nitriles is 1. The minimum atomic E-state index is -3.70. The van der Waals surface area contributed by atoms with Gasteiger partial charge in [-0.1, -0.05) is 23.7 Å². The number of nitrogens with two attached hydrogens (primary N) is 1. The van der Waals surface area contributed by atoms with Crippen LogP contribution in [0.3, 0.4) is 0 Å². The summed E-state index contributed by atoms with van der Waals surface area (Å²) in [7, 11) is -3.70. The third kappa shape index (κ3) is 7.78. The number of piperidine rings is 1. The Morgan fingerprint density at radius 3 is 2.45 bits per heavy atom. The molecule has 3 N–H and O–H groups in total. The zero-order valence-electron chi connectivity index (χ0n) is 24.4. The minimum absolute atomic E-state index is 0.112. The van der Waals surface area contributed by atoms with E-state index in [0.717, 1.165) is 60.3 Å². The van der Waals surface area contributed by atoms with Crippen molar-refractivity contribution in [2.45, 2.75) is 44.2 Å². The molecule has 3 heterocycles. The first-order chi connectivity index (χ1) is 21.1. The number of pyridine rings is 1. The maximum absolute atomic E-state index is 11.5. The number of nitrogens with one attached hydrogen (secondary N) is 1. The third-order valence-electron chi connectivity index (χ3n) is 7.40. The molecule has 1 saturated heterocycles. The summed E-state index contributed by atoms with van der Waals surface area (Å²) in [5.41, 5.74) is 5.20. The van der Waals surface area contributed by atoms with Crippen molar-refractivity contribution in [2.24, 2.45) is 5.14 Å². The molecule has 226 valence electrons. The molecule has 0 spiro atoms. The van der Waals surface area contributed by atoms with Crippen LogP contribution in [0, 0.1) is 25.2 Å². The molecule has 44 heavy (non-hydrogen) atoms. The number of rotatable bonds is 9. The normalized spacial score (nSPS) is 14.4. The van der Waals surface area contributed by atoms with E-state index in [9.17, 15) is 8.42 Å². The number of anilines is 1. The molecule has 0 radical (unpaired) electrons. The first kappa shape index (κ1) is 31.1. The van der Waals surface area contributed by atoms with Gasteiger partial charge in [0, 0.05) is 44.1 Å². The van der Waals surface area contributed by atoms with Crippen LogP contribution in [-0.4, -0.2) is 47.4 Å². The number of halogens is 1. The number of hydrogen-bond acceptors (Lipinski definition) is 9. The summed E-state index contributed by atoms with van der Waals surface area (Å²) in [6, 6.07) is 16.4. The Bertz CT molecular complexity index is 1810. The average molecular weight is 630 g/mol. The predicted octanol–water partition coefficient (Wildman–Crippen LogP) is 5.86. The Kier molecular flexibility index (Phi) is 9.56. The van der Waals surface area contributed by atoms with Crippen LogP contribution >= 0.6 is 11.6 Å². The van der Waals surface area contributed by atoms with E-state index in [1.54, 1.807) is 48.8 Å². The van der Waals surface area contributed by atoms with Gasteiger partial charge in [-0.05, 0) is 97.0 Å². The fourth-order valence-electron chi connectivity index (χ4n) is 5.21. The molecule has 5 rings (SSSR count). The van der Waals surface area contributed by atoms with Crippen molar-refractivity contribution in [2.75, 3.05) is 18.4 Å². The van der Waals surface area contributed by atoms with Gasteiger partial charge in [-0.15, -0.1) is 0 Å². The Balaban J connectivity index is 1.32. The highest BCUT2D eigenvalue weighted by molar-refractivity contribution is 7.89. The van der Waals surface area contributed by atoms with Crippen molar-refractivity contribution in [3.05, 3.63) is 94.4 Å². The molecule has 0 amide bonds. The molecule has 0 aliphatic carbocycles. The van der Waals surface area contributed by atoms with Crippen molar-refractivity contribution >= 4 is 33.6 Å². The second-order valence-corrected chi connectivity index (χ2v) is 12.7. The number of likely N-dealkylation sites (tertiary alicyclic amines) is 1. The lowest BCUT2D eigenvalue weighted by Gasteiger charge is -2.32. The molecule has 10 nitrogen and oxygen atoms in total. The van der Waals surface area contributed by atoms with Gasteiger partial charge in [0.15, 0.2) is 0 Å². The van der Waals surface area contributed by atoms with E-state index in [-0.39, 0.29) is 10.9 Å². The van der Waals surface area contributed by atoms with E-state index < -0.39 is 10.0 Å². The molecule has 12 heteroatoms. The van der Waals surface area contributed by atoms with Crippen LogP contribution in [0.15, 0.2) is 71.9 Å². The number of ether oxygens (including phenoxy) is 1. The number of hydrogen-bond donors (Lipinski definition) is 2. The third-order valence-corrected chi connectivity index (χ3v) is 8.54. The highest BCUT2D eigenvalue weighted by atomic mass is 35.5. The quantitative estimate of drug-likeness (QED) is 0.171. The molecule has 2 aromatic carbocycles. The zero-order chi connectivity index (χ0) is 31.3. The second-order valence-electron chi connectivity index (χ2n) is 10.7. The van der Waals surface area contributed by atoms with E-state index in [2.05, 4.69) is 20.2 Å². The first-order valence-electron chi connectivity index (χ1n) is 14.0. The molecule has 1 fully saturated rings. The van der Waals surface area contributed by atoms with Crippen molar-refractivity contribution in [3.63, 3.8) is 0 Å². The summed E-state index contributed by atoms with van der Waals surface area (Å²) in [5.74, 6) is 1.53. The highest BCUT2D eigenvalue weighted by Gasteiger charge is 2.22. The van der Waals surface area contributed by atoms with Gasteiger partial charge < -0.3 is 10.1 Å². The lowest BCUT2D eigenvalue weighted by molar-refractivity contribution is 0.211. The number of allylic oxidation sites excluding steroid dienone is 1. The standard InChI is InChI=1S/C32H32ClN7O3S/c1-21-16-24(4-3-12-34)17-22(2)30(21)43-31-28(25-9-13-36-29(33)18-25)19-37-32(39-31)38-26-10-14-40(15-11-26)20-23-5-7-27(8-6-23)44(35,41)42/h3-9,13,16-19,26H,10-11,14-15,20H2,1-2H3,(H2,35,41,42)(H,37,38,39). The topological polar surface area (TPSA) is 147 Å². The SMILES string of the molecule is Cc1cc(C=CC#N)cc(C)c1Oc1nc(NC2CCN(Cc3ccc(S(N)(=O)=O)cc3)CC2)ncc1-c1ccnc(Cl)c1. The van der Waals surface area contributed by atoms with Crippen molar-refractivity contribution in [3.8, 4) is 28.8 Å². The van der Waals surface area contributed by atoms with Gasteiger partial charge in [-0.3, -0.25) is 4.90 Å². The number of aryl methyl sites for hydroxylation is 2. The fourth-order valence-corrected chi connectivity index (χ4v) is 5.90. The predicted molar refractivity (Wildman–Crippen MR) is 171 cm³/mol. The van der Waals surface area contributed by atoms with Crippen molar-refractivity contribution < 1.29 is 13.2 Å². The van der Waals surface area contributed by atoms with Gasteiger partial charge in [-0.25, -0.2) is 23.5 Å². The van der Waals surface area contributed by atoms with Gasteiger partial charge in [0.05, 0.1) is 16.5 Å². The summed E-state index contributed by atoms with van der Waals surface area (Å²) < 4.78 is 29.5. The molecule has 0 unspecified atom stereocenters. The lowest BCUT2D eigenvalue weighted by atomic mass is 10.0. The van der Waals surface area contributed by atoms with E-state index in [1.807, 2.05) is 38.1 Å². The van der Waals surface area contributed by atoms with E-state index >= 15 is 0 Å². The Labute approximate surface area is 262 Å². The first-order valence-corrected chi connectivity index (χ1v) is 16.0. The van der Waals surface area contributed by atoms with E-state index in [0.29, 0.717) is 28.3 Å². The monoisotopic (exact) mass is 629 g/mol. The molecule has 4 aromatic rings. The number of nitrogens with zero attached hydrogens (tertiary/aromatic N) is 5. The fraction of sp³-hybridized carbons (Fsp3) is 0.250. The molecule has 1 aliphatic heterocycles. The lowest BCUT2D eigenvalue weighted by Crippen LogP contribution is -2.39. The Hall–Kier alpha value is -4.34. The minimum Gasteiger partial charge on any atom is -0.438 e. The average Bonchev–Trinajstić information content (AvgIpc) is 2.99. The molecule has 2 aromatic heterocycles. The summed E-state index contributed by atoms with van der Waals surface area (Å²) in [5, 5.41) is 17.9. The van der Waals surface area contributed by atoms with Gasteiger partial charge in [0.25, 0.3) is 0 Å². The number of benzene rings is 2. The molecule has 1 aliphatic rings. The van der Waals surface area contributed by atoms with Gasteiger partial charge in [-0.2, -0.15) is 10.2 Å². The van der Waals surface area contributed by atoms with Crippen molar-refractivity contribution in [1.82, 2.24) is 19.9 Å². The highest BCUT2D eigenvalue weighted by Crippen LogP contribution is 2.36. The molecular weight excluding hydrogens is 598 g/mol. The smallest absolute Gasteiger partial charge is 0.238 e. The zero-order valence-corrected chi connectivity index (χ0v) is 25.9. The van der Waals surface area contributed by atoms with Crippen molar-refractivity contribution in [1.29, 1.82) is 5.26 Å². The molecule has 0 saturated carbocycles. The van der Waals surface area contributed by atoms with Crippen LogP contribution in [0.5, 0.6) is 11.6 Å². The second kappa shape index (κ2) is 13.5. The van der Waals surface area contributed by atoms with Gasteiger partial charge in [0.1, 0.15) is 10.9 Å². The van der Waals surface area contributed by atoms with Crippen LogP contribution in [-0.2, 0) is 16.6 Å². The van der Waals surface area contributed by atoms with Gasteiger partial charge in [0.2, 0.25) is 21.9 Å². The van der Waals surface area contributed by atoms with Crippen LogP contribution in [0.4, 0.5) is 5.95 Å². The van der Waals surface area contributed by atoms with E-state index in [4.69, 9.17) is 31.7 Å². The molecular formula is C32H32ClN7O3S. The largest absolute Gasteiger partial charge is 0.438 e. The van der Waals surface area contributed by atoms with Crippen LogP contribution in [0.2, 0.25) is 5.15 Å². The summed E-state index contributed by atoms with van der Waals surface area (Å²) >= 11 is 6.20. The van der Waals surface area contributed by atoms with Crippen LogP contribution in [0.25, 0.3) is 17.2 Å².